The Kier molecular flexibility index (Phi) is 20.3. The lowest BCUT2D eigenvalue weighted by molar-refractivity contribution is -0.162. The molecule has 1 amide bonds. The SMILES string of the molecule is CCCCC(CC)CN(CC(CC)CCCC)c1ccc(/N=C2\C(C#N)=C(C(=O)OC3C(C(C)(C)C)CC(C)CC3C(C)(C)C)c3nc(C(C)(C)C)nn32)c(C(=O)N(CCCC)CCCC)c1. The number of esters is 1. The second kappa shape index (κ2) is 24.5. The molecule has 0 N–H and O–H groups in total. The van der Waals surface area contributed by atoms with E-state index in [1.54, 1.807) is 4.68 Å². The van der Waals surface area contributed by atoms with Gasteiger partial charge in [-0.25, -0.2) is 14.8 Å². The number of allylic oxidation sites excluding steroid dienone is 1. The van der Waals surface area contributed by atoms with Crippen molar-refractivity contribution in [3.63, 3.8) is 0 Å². The summed E-state index contributed by atoms with van der Waals surface area (Å²) in [6.07, 6.45) is 14.5. The molecule has 1 fully saturated rings. The van der Waals surface area contributed by atoms with Crippen LogP contribution < -0.4 is 4.90 Å². The molecule has 2 heterocycles. The third kappa shape index (κ3) is 14.3. The van der Waals surface area contributed by atoms with Gasteiger partial charge in [0.2, 0.25) is 0 Å². The molecule has 1 aromatic heterocycles. The third-order valence-electron chi connectivity index (χ3n) is 14.8. The fourth-order valence-electron chi connectivity index (χ4n) is 10.3. The molecule has 0 saturated heterocycles. The van der Waals surface area contributed by atoms with Gasteiger partial charge in [-0.1, -0.05) is 162 Å². The maximum absolute atomic E-state index is 15.2. The quantitative estimate of drug-likeness (QED) is 0.102. The fourth-order valence-corrected chi connectivity index (χ4v) is 10.3. The number of anilines is 1. The van der Waals surface area contributed by atoms with Crippen LogP contribution in [0.1, 0.15) is 223 Å². The number of hydrogen-bond acceptors (Lipinski definition) is 8. The Morgan fingerprint density at radius 2 is 1.34 bits per heavy atom. The topological polar surface area (TPSA) is 117 Å². The van der Waals surface area contributed by atoms with Crippen LogP contribution in [0.2, 0.25) is 0 Å². The van der Waals surface area contributed by atoms with E-state index in [0.29, 0.717) is 47.9 Å². The minimum atomic E-state index is -0.575. The minimum absolute atomic E-state index is 0.0607. The van der Waals surface area contributed by atoms with E-state index in [0.717, 1.165) is 70.1 Å². The molecule has 1 saturated carbocycles. The highest BCUT2D eigenvalue weighted by atomic mass is 16.5. The number of rotatable bonds is 23. The molecule has 2 aromatic rings. The van der Waals surface area contributed by atoms with E-state index in [4.69, 9.17) is 19.8 Å². The maximum atomic E-state index is 15.2. The Balaban J connectivity index is 2.00. The Bertz CT molecular complexity index is 1990. The summed E-state index contributed by atoms with van der Waals surface area (Å²) in [4.78, 5) is 45.0. The summed E-state index contributed by atoms with van der Waals surface area (Å²) >= 11 is 0. The molecule has 0 bridgehead atoms. The van der Waals surface area contributed by atoms with Crippen molar-refractivity contribution in [1.29, 1.82) is 5.26 Å². The normalized spacial score (nSPS) is 20.4. The van der Waals surface area contributed by atoms with Gasteiger partial charge in [-0.3, -0.25) is 4.79 Å². The van der Waals surface area contributed by atoms with Crippen LogP contribution in [0.15, 0.2) is 28.8 Å². The summed E-state index contributed by atoms with van der Waals surface area (Å²) in [5.41, 5.74) is 1.40. The predicted octanol–water partition coefficient (Wildman–Crippen LogP) is 14.4. The van der Waals surface area contributed by atoms with Crippen molar-refractivity contribution >= 4 is 34.7 Å². The van der Waals surface area contributed by atoms with Crippen molar-refractivity contribution in [2.75, 3.05) is 31.1 Å². The number of aromatic nitrogens is 3. The van der Waals surface area contributed by atoms with Crippen molar-refractivity contribution in [3.05, 3.63) is 41.0 Å². The van der Waals surface area contributed by atoms with Crippen LogP contribution in [0, 0.1) is 51.8 Å². The van der Waals surface area contributed by atoms with Gasteiger partial charge in [-0.15, -0.1) is 5.10 Å². The lowest BCUT2D eigenvalue weighted by Gasteiger charge is -2.50. The van der Waals surface area contributed by atoms with Crippen molar-refractivity contribution in [2.24, 2.45) is 45.4 Å². The van der Waals surface area contributed by atoms with Crippen molar-refractivity contribution in [1.82, 2.24) is 19.7 Å². The van der Waals surface area contributed by atoms with Gasteiger partial charge in [0.15, 0.2) is 17.5 Å². The van der Waals surface area contributed by atoms with Gasteiger partial charge in [0.1, 0.15) is 23.3 Å². The number of hydrogen-bond donors (Lipinski definition) is 0. The highest BCUT2D eigenvalue weighted by Gasteiger charge is 2.49. The molecular weight excluding hydrogens is 831 g/mol. The largest absolute Gasteiger partial charge is 0.458 e. The number of carbonyl (C=O) groups is 2. The maximum Gasteiger partial charge on any atom is 0.343 e. The van der Waals surface area contributed by atoms with Crippen LogP contribution >= 0.6 is 0 Å². The average Bonchev–Trinajstić information content (AvgIpc) is 3.83. The number of fused-ring (bicyclic) bond motifs is 1. The molecule has 10 nitrogen and oxygen atoms in total. The number of nitriles is 1. The molecule has 374 valence electrons. The molecule has 1 aliphatic heterocycles. The zero-order valence-electron chi connectivity index (χ0n) is 45.3. The first-order chi connectivity index (χ1) is 31.6. The van der Waals surface area contributed by atoms with Crippen molar-refractivity contribution in [2.45, 2.75) is 212 Å². The van der Waals surface area contributed by atoms with Crippen LogP contribution in [0.3, 0.4) is 0 Å². The highest BCUT2D eigenvalue weighted by Crippen LogP contribution is 2.50. The molecule has 4 rings (SSSR count). The smallest absolute Gasteiger partial charge is 0.343 e. The van der Waals surface area contributed by atoms with Crippen LogP contribution in [0.4, 0.5) is 11.4 Å². The van der Waals surface area contributed by atoms with Crippen LogP contribution in [-0.2, 0) is 14.9 Å². The van der Waals surface area contributed by atoms with E-state index in [1.807, 2.05) is 31.7 Å². The number of aliphatic imine (C=N–C) groups is 1. The van der Waals surface area contributed by atoms with E-state index in [9.17, 15) is 5.26 Å². The van der Waals surface area contributed by atoms with Crippen LogP contribution in [-0.4, -0.2) is 69.7 Å². The van der Waals surface area contributed by atoms with E-state index < -0.39 is 11.4 Å². The third-order valence-corrected chi connectivity index (χ3v) is 14.8. The van der Waals surface area contributed by atoms with Gasteiger partial charge in [0, 0.05) is 49.1 Å². The Morgan fingerprint density at radius 3 is 1.79 bits per heavy atom. The van der Waals surface area contributed by atoms with Crippen molar-refractivity contribution in [3.8, 4) is 6.07 Å². The highest BCUT2D eigenvalue weighted by molar-refractivity contribution is 6.30. The average molecular weight is 924 g/mol. The summed E-state index contributed by atoms with van der Waals surface area (Å²) in [7, 11) is 0. The monoisotopic (exact) mass is 924 g/mol. The lowest BCUT2D eigenvalue weighted by Crippen LogP contribution is -2.49. The van der Waals surface area contributed by atoms with E-state index in [-0.39, 0.29) is 57.5 Å². The van der Waals surface area contributed by atoms with Crippen LogP contribution in [0.5, 0.6) is 0 Å². The Labute approximate surface area is 408 Å². The van der Waals surface area contributed by atoms with Crippen molar-refractivity contribution < 1.29 is 14.3 Å². The summed E-state index contributed by atoms with van der Waals surface area (Å²) < 4.78 is 8.33. The molecule has 10 heteroatoms. The van der Waals surface area contributed by atoms with Gasteiger partial charge < -0.3 is 14.5 Å². The first-order valence-corrected chi connectivity index (χ1v) is 26.7. The zero-order valence-corrected chi connectivity index (χ0v) is 45.3. The number of amides is 1. The Morgan fingerprint density at radius 1 is 0.821 bits per heavy atom. The van der Waals surface area contributed by atoms with Gasteiger partial charge in [-0.2, -0.15) is 9.94 Å². The van der Waals surface area contributed by atoms with Gasteiger partial charge in [0.05, 0.1) is 11.3 Å². The van der Waals surface area contributed by atoms with E-state index in [1.165, 1.54) is 38.5 Å². The first kappa shape index (κ1) is 55.6. The van der Waals surface area contributed by atoms with E-state index >= 15 is 9.59 Å². The number of nitrogens with zero attached hydrogens (tertiary/aromatic N) is 7. The van der Waals surface area contributed by atoms with Gasteiger partial charge in [-0.05, 0) is 85.3 Å². The van der Waals surface area contributed by atoms with E-state index in [2.05, 4.69) is 113 Å². The summed E-state index contributed by atoms with van der Waals surface area (Å²) in [5.74, 6) is 2.10. The number of unbranched alkanes of at least 4 members (excludes halogenated alkanes) is 4. The molecule has 1 aromatic carbocycles. The molecule has 0 radical (unpaired) electrons. The number of carbonyl (C=O) groups excluding carboxylic acids is 2. The predicted molar refractivity (Wildman–Crippen MR) is 279 cm³/mol. The lowest BCUT2D eigenvalue weighted by atomic mass is 9.59. The second-order valence-electron chi connectivity index (χ2n) is 23.5. The molecule has 0 spiro atoms. The second-order valence-corrected chi connectivity index (χ2v) is 23.5. The summed E-state index contributed by atoms with van der Waals surface area (Å²) in [5, 5.41) is 16.1. The zero-order chi connectivity index (χ0) is 49.9. The van der Waals surface area contributed by atoms with Gasteiger partial charge in [0.25, 0.3) is 5.91 Å². The Hall–Kier alpha value is -4.00. The standard InChI is InChI=1S/C57H93N7O3/c1-17-23-27-40(21-5)37-63(38-41(22-6)28-24-18-2)42-29-30-47(43(35-42)52(65)62(31-25-19-3)32-26-20-4)59-50-44(36-58)48(51-60-54(57(14,15)16)61-64(50)51)53(66)67-49-45(55(8,9)10)33-39(7)34-46(49)56(11,12)13/h29-30,35,39-41,45-46,49H,17-28,31-34,37-38H2,1-16H3/b59-50+. The molecule has 2 aliphatic rings. The van der Waals surface area contributed by atoms with Crippen LogP contribution in [0.25, 0.3) is 5.57 Å². The molecular formula is C57H93N7O3. The minimum Gasteiger partial charge on any atom is -0.458 e. The first-order valence-electron chi connectivity index (χ1n) is 26.7. The fraction of sp³-hybridized carbons (Fsp3) is 0.754. The molecule has 1 aliphatic carbocycles. The molecule has 4 atom stereocenters. The number of ether oxygens (including phenoxy) is 1. The summed E-state index contributed by atoms with van der Waals surface area (Å²) in [6, 6.07) is 8.51. The number of benzene rings is 1. The molecule has 67 heavy (non-hydrogen) atoms. The summed E-state index contributed by atoms with van der Waals surface area (Å²) in [6.45, 7) is 38.4. The van der Waals surface area contributed by atoms with Gasteiger partial charge >= 0.3 is 5.97 Å². The molecule has 4 unspecified atom stereocenters.